The van der Waals surface area contributed by atoms with Crippen molar-refractivity contribution in [3.8, 4) is 11.1 Å². The number of carbonyl (C=O) groups excluding carboxylic acids is 1. The van der Waals surface area contributed by atoms with Gasteiger partial charge in [0.1, 0.15) is 11.6 Å². The minimum absolute atomic E-state index is 0.0824. The average molecular weight is 459 g/mol. The number of nitrogens with zero attached hydrogens (tertiary/aromatic N) is 4. The first-order valence-corrected chi connectivity index (χ1v) is 11.4. The fourth-order valence-electron chi connectivity index (χ4n) is 5.63. The van der Waals surface area contributed by atoms with Crippen LogP contribution in [0.4, 0.5) is 14.5 Å². The van der Waals surface area contributed by atoms with E-state index in [1.54, 1.807) is 9.58 Å². The molecule has 4 aromatic rings. The van der Waals surface area contributed by atoms with Crippen molar-refractivity contribution >= 4 is 22.5 Å². The zero-order valence-corrected chi connectivity index (χ0v) is 19.1. The Hall–Kier alpha value is -3.58. The lowest BCUT2D eigenvalue weighted by Crippen LogP contribution is -2.42. The summed E-state index contributed by atoms with van der Waals surface area (Å²) in [6.07, 6.45) is 2.54. The SMILES string of the molecule is CN1CCC2(C1)C(=O)N(Cc1c(F)cc(-c3cccc4nn(C)cc34)cc1F)c1ccccc12. The molecule has 1 fully saturated rings. The zero-order valence-electron chi connectivity index (χ0n) is 19.1. The van der Waals surface area contributed by atoms with Crippen molar-refractivity contribution in [1.82, 2.24) is 14.7 Å². The Kier molecular flexibility index (Phi) is 4.61. The van der Waals surface area contributed by atoms with Crippen LogP contribution in [0.5, 0.6) is 0 Å². The van der Waals surface area contributed by atoms with Gasteiger partial charge < -0.3 is 9.80 Å². The van der Waals surface area contributed by atoms with Crippen LogP contribution in [0.3, 0.4) is 0 Å². The van der Waals surface area contributed by atoms with Gasteiger partial charge in [0.2, 0.25) is 5.91 Å². The summed E-state index contributed by atoms with van der Waals surface area (Å²) in [4.78, 5) is 17.3. The summed E-state index contributed by atoms with van der Waals surface area (Å²) < 4.78 is 32.4. The first-order chi connectivity index (χ1) is 16.4. The van der Waals surface area contributed by atoms with E-state index in [1.807, 2.05) is 62.8 Å². The van der Waals surface area contributed by atoms with E-state index in [0.717, 1.165) is 28.7 Å². The third-order valence-electron chi connectivity index (χ3n) is 7.26. The van der Waals surface area contributed by atoms with Gasteiger partial charge in [-0.2, -0.15) is 5.10 Å². The third-order valence-corrected chi connectivity index (χ3v) is 7.26. The van der Waals surface area contributed by atoms with Crippen molar-refractivity contribution in [2.24, 2.45) is 7.05 Å². The van der Waals surface area contributed by atoms with Gasteiger partial charge in [-0.15, -0.1) is 0 Å². The van der Waals surface area contributed by atoms with Gasteiger partial charge in [-0.3, -0.25) is 9.48 Å². The molecule has 3 aromatic carbocycles. The van der Waals surface area contributed by atoms with E-state index in [2.05, 4.69) is 10.00 Å². The molecule has 34 heavy (non-hydrogen) atoms. The summed E-state index contributed by atoms with van der Waals surface area (Å²) in [5.41, 5.74) is 2.86. The van der Waals surface area contributed by atoms with Crippen LogP contribution < -0.4 is 4.90 Å². The van der Waals surface area contributed by atoms with Gasteiger partial charge in [0.05, 0.1) is 17.5 Å². The number of rotatable bonds is 3. The fraction of sp³-hybridized carbons (Fsp3) is 0.259. The second-order valence-electron chi connectivity index (χ2n) is 9.44. The maximum atomic E-state index is 15.4. The van der Waals surface area contributed by atoms with Gasteiger partial charge in [0.25, 0.3) is 0 Å². The van der Waals surface area contributed by atoms with E-state index in [1.165, 1.54) is 12.1 Å². The quantitative estimate of drug-likeness (QED) is 0.449. The van der Waals surface area contributed by atoms with Gasteiger partial charge in [-0.25, -0.2) is 8.78 Å². The Morgan fingerprint density at radius 3 is 2.53 bits per heavy atom. The molecule has 172 valence electrons. The van der Waals surface area contributed by atoms with Crippen molar-refractivity contribution in [2.75, 3.05) is 25.0 Å². The van der Waals surface area contributed by atoms with Crippen LogP contribution in [0.2, 0.25) is 0 Å². The molecule has 1 atom stereocenters. The maximum Gasteiger partial charge on any atom is 0.239 e. The van der Waals surface area contributed by atoms with E-state index in [0.29, 0.717) is 24.1 Å². The highest BCUT2D eigenvalue weighted by molar-refractivity contribution is 6.08. The lowest BCUT2D eigenvalue weighted by Gasteiger charge is -2.24. The number of likely N-dealkylation sites (tertiary alicyclic amines) is 1. The largest absolute Gasteiger partial charge is 0.307 e. The van der Waals surface area contributed by atoms with Gasteiger partial charge in [0.15, 0.2) is 0 Å². The van der Waals surface area contributed by atoms with Crippen molar-refractivity contribution in [1.29, 1.82) is 0 Å². The van der Waals surface area contributed by atoms with Gasteiger partial charge in [-0.1, -0.05) is 30.3 Å². The highest BCUT2D eigenvalue weighted by Gasteiger charge is 2.53. The number of fused-ring (bicyclic) bond motifs is 3. The number of hydrogen-bond donors (Lipinski definition) is 0. The monoisotopic (exact) mass is 458 g/mol. The number of carbonyl (C=O) groups is 1. The molecule has 1 amide bonds. The number of aromatic nitrogens is 2. The Bertz CT molecular complexity index is 1440. The molecule has 0 N–H and O–H groups in total. The molecule has 0 saturated carbocycles. The van der Waals surface area contributed by atoms with Gasteiger partial charge >= 0.3 is 0 Å². The Balaban J connectivity index is 1.39. The Morgan fingerprint density at radius 1 is 1.03 bits per heavy atom. The van der Waals surface area contributed by atoms with Gasteiger partial charge in [-0.05, 0) is 61.0 Å². The predicted octanol–water partition coefficient (Wildman–Crippen LogP) is 4.64. The van der Waals surface area contributed by atoms with Crippen LogP contribution in [-0.2, 0) is 23.8 Å². The standard InChI is InChI=1S/C27H24F2N4O/c1-31-11-10-27(16-31)21-7-3-4-9-25(21)33(26(27)34)15-20-22(28)12-17(13-23(20)29)18-6-5-8-24-19(18)14-32(2)30-24/h3-9,12-14H,10-11,15-16H2,1-2H3. The molecular weight excluding hydrogens is 434 g/mol. The van der Waals surface area contributed by atoms with Crippen molar-refractivity contribution in [3.63, 3.8) is 0 Å². The van der Waals surface area contributed by atoms with E-state index >= 15 is 8.78 Å². The molecule has 1 saturated heterocycles. The lowest BCUT2D eigenvalue weighted by molar-refractivity contribution is -0.122. The van der Waals surface area contributed by atoms with Crippen LogP contribution in [-0.4, -0.2) is 40.7 Å². The third kappa shape index (κ3) is 3.00. The van der Waals surface area contributed by atoms with Crippen LogP contribution in [0.15, 0.2) is 60.8 Å². The number of benzene rings is 3. The molecule has 6 rings (SSSR count). The number of anilines is 1. The van der Waals surface area contributed by atoms with Crippen molar-refractivity contribution in [2.45, 2.75) is 18.4 Å². The summed E-state index contributed by atoms with van der Waals surface area (Å²) in [5, 5.41) is 5.21. The fourth-order valence-corrected chi connectivity index (χ4v) is 5.63. The number of amides is 1. The average Bonchev–Trinajstić information content (AvgIpc) is 3.46. The molecule has 1 aromatic heterocycles. The number of para-hydroxylation sites is 1. The maximum absolute atomic E-state index is 15.4. The summed E-state index contributed by atoms with van der Waals surface area (Å²) in [7, 11) is 3.81. The van der Waals surface area contributed by atoms with Crippen LogP contribution in [0, 0.1) is 11.6 Å². The number of likely N-dealkylation sites (N-methyl/N-ethyl adjacent to an activating group) is 1. The van der Waals surface area contributed by atoms with E-state index in [4.69, 9.17) is 0 Å². The number of hydrogen-bond acceptors (Lipinski definition) is 3. The lowest BCUT2D eigenvalue weighted by atomic mass is 9.81. The van der Waals surface area contributed by atoms with Crippen LogP contribution >= 0.6 is 0 Å². The number of aryl methyl sites for hydroxylation is 1. The second kappa shape index (κ2) is 7.46. The molecular formula is C27H24F2N4O. The van der Waals surface area contributed by atoms with Gasteiger partial charge in [0, 0.05) is 36.4 Å². The molecule has 0 aliphatic carbocycles. The van der Waals surface area contributed by atoms with E-state index < -0.39 is 17.0 Å². The summed E-state index contributed by atoms with van der Waals surface area (Å²) in [6, 6.07) is 15.9. The smallest absolute Gasteiger partial charge is 0.239 e. The minimum Gasteiger partial charge on any atom is -0.307 e. The molecule has 5 nitrogen and oxygen atoms in total. The molecule has 1 unspecified atom stereocenters. The van der Waals surface area contributed by atoms with Crippen LogP contribution in [0.25, 0.3) is 22.0 Å². The molecule has 2 aliphatic heterocycles. The molecule has 0 bridgehead atoms. The molecule has 2 aliphatic rings. The van der Waals surface area contributed by atoms with E-state index in [-0.39, 0.29) is 18.0 Å². The Labute approximate surface area is 196 Å². The predicted molar refractivity (Wildman–Crippen MR) is 127 cm³/mol. The first kappa shape index (κ1) is 21.0. The topological polar surface area (TPSA) is 41.4 Å². The molecule has 7 heteroatoms. The first-order valence-electron chi connectivity index (χ1n) is 11.4. The highest BCUT2D eigenvalue weighted by Crippen LogP contribution is 2.47. The minimum atomic E-state index is -0.661. The normalized spacial score (nSPS) is 20.1. The Morgan fingerprint density at radius 2 is 1.79 bits per heavy atom. The highest BCUT2D eigenvalue weighted by atomic mass is 19.1. The molecule has 3 heterocycles. The molecule has 1 spiro atoms. The summed E-state index contributed by atoms with van der Waals surface area (Å²) >= 11 is 0. The molecule has 0 radical (unpaired) electrons. The zero-order chi connectivity index (χ0) is 23.6. The van der Waals surface area contributed by atoms with Crippen molar-refractivity contribution < 1.29 is 13.6 Å². The summed E-state index contributed by atoms with van der Waals surface area (Å²) in [6.45, 7) is 1.28. The van der Waals surface area contributed by atoms with E-state index in [9.17, 15) is 4.79 Å². The second-order valence-corrected chi connectivity index (χ2v) is 9.44. The van der Waals surface area contributed by atoms with Crippen molar-refractivity contribution in [3.05, 3.63) is 83.6 Å². The van der Waals surface area contributed by atoms with Crippen LogP contribution in [0.1, 0.15) is 17.5 Å². The summed E-state index contributed by atoms with van der Waals surface area (Å²) in [5.74, 6) is -1.41. The number of halogens is 2.